The van der Waals surface area contributed by atoms with Crippen molar-refractivity contribution in [2.75, 3.05) is 20.3 Å². The maximum Gasteiger partial charge on any atom is 0.135 e. The second-order valence-electron chi connectivity index (χ2n) is 6.15. The molecule has 0 saturated heterocycles. The van der Waals surface area contributed by atoms with Gasteiger partial charge in [0, 0.05) is 30.1 Å². The fourth-order valence-electron chi connectivity index (χ4n) is 2.12. The summed E-state index contributed by atoms with van der Waals surface area (Å²) >= 11 is 0. The fourth-order valence-corrected chi connectivity index (χ4v) is 2.12. The highest BCUT2D eigenvalue weighted by Crippen LogP contribution is 2.26. The van der Waals surface area contributed by atoms with Crippen molar-refractivity contribution in [1.29, 1.82) is 0 Å². The summed E-state index contributed by atoms with van der Waals surface area (Å²) in [6, 6.07) is 8.11. The minimum absolute atomic E-state index is 0.0621. The summed E-state index contributed by atoms with van der Waals surface area (Å²) in [6.07, 6.45) is 0. The lowest BCUT2D eigenvalue weighted by Gasteiger charge is -2.20. The van der Waals surface area contributed by atoms with Crippen LogP contribution in [0.1, 0.15) is 32.1 Å². The molecule has 0 aliphatic carbocycles. The molecule has 1 aromatic heterocycles. The van der Waals surface area contributed by atoms with Gasteiger partial charge in [0.25, 0.3) is 0 Å². The van der Waals surface area contributed by atoms with Crippen molar-refractivity contribution in [3.05, 3.63) is 35.6 Å². The third kappa shape index (κ3) is 4.56. The zero-order valence-corrected chi connectivity index (χ0v) is 13.4. The number of furan rings is 1. The molecule has 4 heteroatoms. The zero-order chi connectivity index (χ0) is 15.3. The predicted octanol–water partition coefficient (Wildman–Crippen LogP) is 3.48. The van der Waals surface area contributed by atoms with E-state index in [1.54, 1.807) is 7.11 Å². The molecule has 1 heterocycles. The van der Waals surface area contributed by atoms with Crippen LogP contribution in [0.2, 0.25) is 0 Å². The lowest BCUT2D eigenvalue weighted by Crippen LogP contribution is -2.35. The smallest absolute Gasteiger partial charge is 0.135 e. The molecule has 0 aliphatic rings. The van der Waals surface area contributed by atoms with Crippen molar-refractivity contribution in [3.63, 3.8) is 0 Å². The molecule has 4 nitrogen and oxygen atoms in total. The lowest BCUT2D eigenvalue weighted by molar-refractivity contribution is 0.0539. The minimum Gasteiger partial charge on any atom is -0.458 e. The van der Waals surface area contributed by atoms with Crippen LogP contribution in [0.25, 0.3) is 11.0 Å². The molecule has 21 heavy (non-hydrogen) atoms. The van der Waals surface area contributed by atoms with E-state index in [1.165, 1.54) is 5.56 Å². The zero-order valence-electron chi connectivity index (χ0n) is 13.4. The van der Waals surface area contributed by atoms with Gasteiger partial charge in [0.05, 0.1) is 13.2 Å². The van der Waals surface area contributed by atoms with Crippen LogP contribution in [0.4, 0.5) is 0 Å². The SMILES string of the molecule is COCCOCc1oc2ccccc2c1CNC(C)(C)C. The summed E-state index contributed by atoms with van der Waals surface area (Å²) in [5.74, 6) is 0.893. The van der Waals surface area contributed by atoms with Crippen LogP contribution in [0, 0.1) is 0 Å². The van der Waals surface area contributed by atoms with Crippen molar-refractivity contribution in [3.8, 4) is 0 Å². The maximum absolute atomic E-state index is 5.94. The van der Waals surface area contributed by atoms with Crippen molar-refractivity contribution in [1.82, 2.24) is 5.32 Å². The summed E-state index contributed by atoms with van der Waals surface area (Å²) in [6.45, 7) is 8.87. The predicted molar refractivity (Wildman–Crippen MR) is 84.3 cm³/mol. The Kier molecular flexibility index (Phi) is 5.39. The van der Waals surface area contributed by atoms with Crippen LogP contribution in [-0.4, -0.2) is 25.9 Å². The normalized spacial score (nSPS) is 12.2. The van der Waals surface area contributed by atoms with E-state index in [0.717, 1.165) is 23.3 Å². The molecule has 2 aromatic rings. The van der Waals surface area contributed by atoms with Crippen LogP contribution in [-0.2, 0) is 22.6 Å². The molecule has 1 N–H and O–H groups in total. The van der Waals surface area contributed by atoms with Crippen LogP contribution >= 0.6 is 0 Å². The Morgan fingerprint density at radius 2 is 1.90 bits per heavy atom. The van der Waals surface area contributed by atoms with Crippen LogP contribution < -0.4 is 5.32 Å². The molecule has 0 saturated carbocycles. The highest BCUT2D eigenvalue weighted by Gasteiger charge is 2.16. The molecule has 0 aliphatic heterocycles. The molecule has 0 unspecified atom stereocenters. The van der Waals surface area contributed by atoms with E-state index in [2.05, 4.69) is 32.2 Å². The molecular formula is C17H25NO3. The first-order valence-corrected chi connectivity index (χ1v) is 7.32. The summed E-state index contributed by atoms with van der Waals surface area (Å²) in [7, 11) is 1.67. The number of nitrogens with one attached hydrogen (secondary N) is 1. The van der Waals surface area contributed by atoms with Crippen molar-refractivity contribution in [2.45, 2.75) is 39.5 Å². The summed E-state index contributed by atoms with van der Waals surface area (Å²) in [4.78, 5) is 0. The van der Waals surface area contributed by atoms with Gasteiger partial charge in [0.2, 0.25) is 0 Å². The summed E-state index contributed by atoms with van der Waals surface area (Å²) in [5.41, 5.74) is 2.15. The topological polar surface area (TPSA) is 43.6 Å². The van der Waals surface area contributed by atoms with E-state index in [0.29, 0.717) is 19.8 Å². The van der Waals surface area contributed by atoms with E-state index >= 15 is 0 Å². The molecular weight excluding hydrogens is 266 g/mol. The number of hydrogen-bond donors (Lipinski definition) is 1. The molecule has 0 fully saturated rings. The molecule has 0 radical (unpaired) electrons. The van der Waals surface area contributed by atoms with Gasteiger partial charge >= 0.3 is 0 Å². The van der Waals surface area contributed by atoms with E-state index in [-0.39, 0.29) is 5.54 Å². The third-order valence-electron chi connectivity index (χ3n) is 3.24. The Labute approximate surface area is 126 Å². The number of methoxy groups -OCH3 is 1. The molecule has 0 bridgehead atoms. The van der Waals surface area contributed by atoms with E-state index < -0.39 is 0 Å². The molecule has 0 spiro atoms. The highest BCUT2D eigenvalue weighted by molar-refractivity contribution is 5.82. The Hall–Kier alpha value is -1.36. The number of hydrogen-bond acceptors (Lipinski definition) is 4. The van der Waals surface area contributed by atoms with Gasteiger partial charge < -0.3 is 19.2 Å². The van der Waals surface area contributed by atoms with Crippen molar-refractivity contribution in [2.24, 2.45) is 0 Å². The van der Waals surface area contributed by atoms with Gasteiger partial charge in [-0.05, 0) is 26.8 Å². The molecule has 0 atom stereocenters. The monoisotopic (exact) mass is 291 g/mol. The van der Waals surface area contributed by atoms with E-state index in [9.17, 15) is 0 Å². The Bertz CT molecular complexity index is 569. The second kappa shape index (κ2) is 7.07. The number of rotatable bonds is 7. The molecule has 1 aromatic carbocycles. The van der Waals surface area contributed by atoms with E-state index in [4.69, 9.17) is 13.9 Å². The molecule has 116 valence electrons. The highest BCUT2D eigenvalue weighted by atomic mass is 16.5. The first-order chi connectivity index (χ1) is 10.0. The second-order valence-corrected chi connectivity index (χ2v) is 6.15. The Morgan fingerprint density at radius 3 is 2.62 bits per heavy atom. The van der Waals surface area contributed by atoms with E-state index in [1.807, 2.05) is 18.2 Å². The average Bonchev–Trinajstić information content (AvgIpc) is 2.78. The van der Waals surface area contributed by atoms with Gasteiger partial charge in [-0.3, -0.25) is 0 Å². The molecule has 2 rings (SSSR count). The maximum atomic E-state index is 5.94. The Morgan fingerprint density at radius 1 is 1.14 bits per heavy atom. The van der Waals surface area contributed by atoms with Gasteiger partial charge in [-0.25, -0.2) is 0 Å². The number of benzene rings is 1. The quantitative estimate of drug-likeness (QED) is 0.793. The van der Waals surface area contributed by atoms with Gasteiger partial charge in [-0.2, -0.15) is 0 Å². The third-order valence-corrected chi connectivity index (χ3v) is 3.24. The first-order valence-electron chi connectivity index (χ1n) is 7.32. The number of para-hydroxylation sites is 1. The Balaban J connectivity index is 2.17. The van der Waals surface area contributed by atoms with Gasteiger partial charge in [0.1, 0.15) is 18.0 Å². The van der Waals surface area contributed by atoms with Crippen LogP contribution in [0.5, 0.6) is 0 Å². The fraction of sp³-hybridized carbons (Fsp3) is 0.529. The first kappa shape index (κ1) is 16.0. The number of fused-ring (bicyclic) bond motifs is 1. The van der Waals surface area contributed by atoms with Gasteiger partial charge in [-0.15, -0.1) is 0 Å². The van der Waals surface area contributed by atoms with Gasteiger partial charge in [-0.1, -0.05) is 18.2 Å². The van der Waals surface area contributed by atoms with Crippen molar-refractivity contribution >= 4 is 11.0 Å². The van der Waals surface area contributed by atoms with Crippen molar-refractivity contribution < 1.29 is 13.9 Å². The average molecular weight is 291 g/mol. The largest absolute Gasteiger partial charge is 0.458 e. The standard InChI is InChI=1S/C17H25NO3/c1-17(2,3)18-11-14-13-7-5-6-8-15(13)21-16(14)12-20-10-9-19-4/h5-8,18H,9-12H2,1-4H3. The summed E-state index contributed by atoms with van der Waals surface area (Å²) < 4.78 is 16.5. The van der Waals surface area contributed by atoms with Crippen LogP contribution in [0.15, 0.2) is 28.7 Å². The minimum atomic E-state index is 0.0621. The van der Waals surface area contributed by atoms with Gasteiger partial charge in [0.15, 0.2) is 0 Å². The lowest BCUT2D eigenvalue weighted by atomic mass is 10.1. The number of ether oxygens (including phenoxy) is 2. The molecule has 0 amide bonds. The van der Waals surface area contributed by atoms with Crippen LogP contribution in [0.3, 0.4) is 0 Å². The summed E-state index contributed by atoms with van der Waals surface area (Å²) in [5, 5.41) is 4.67.